The van der Waals surface area contributed by atoms with Crippen molar-refractivity contribution in [2.45, 2.75) is 44.9 Å². The molecule has 1 saturated carbocycles. The number of likely N-dealkylation sites (N-methyl/N-ethyl adjacent to an activating group) is 1. The van der Waals surface area contributed by atoms with Crippen LogP contribution in [0.15, 0.2) is 30.3 Å². The number of hydrogen-bond donors (Lipinski definition) is 0. The number of hydrogen-bond acceptors (Lipinski definition) is 1. The molecule has 1 aliphatic rings. The molecule has 0 N–H and O–H groups in total. The van der Waals surface area contributed by atoms with E-state index in [0.717, 1.165) is 25.9 Å². The molecule has 0 unspecified atom stereocenters. The summed E-state index contributed by atoms with van der Waals surface area (Å²) in [5, 5.41) is 0. The van der Waals surface area contributed by atoms with Crippen LogP contribution in [-0.4, -0.2) is 23.9 Å². The molecule has 0 saturated heterocycles. The highest BCUT2D eigenvalue weighted by Gasteiger charge is 2.44. The van der Waals surface area contributed by atoms with E-state index in [-0.39, 0.29) is 5.41 Å². The zero-order chi connectivity index (χ0) is 13.0. The highest BCUT2D eigenvalue weighted by atomic mass is 16.2. The molecule has 0 bridgehead atoms. The summed E-state index contributed by atoms with van der Waals surface area (Å²) in [4.78, 5) is 14.8. The summed E-state index contributed by atoms with van der Waals surface area (Å²) in [6.07, 6.45) is 4.35. The number of nitrogens with zero attached hydrogens (tertiary/aromatic N) is 1. The van der Waals surface area contributed by atoms with Crippen molar-refractivity contribution in [2.75, 3.05) is 13.1 Å². The Morgan fingerprint density at radius 1 is 1.11 bits per heavy atom. The van der Waals surface area contributed by atoms with Crippen molar-refractivity contribution in [3.05, 3.63) is 35.9 Å². The molecule has 0 aromatic heterocycles. The van der Waals surface area contributed by atoms with Gasteiger partial charge >= 0.3 is 0 Å². The van der Waals surface area contributed by atoms with Gasteiger partial charge in [-0.05, 0) is 32.3 Å². The molecule has 0 heterocycles. The van der Waals surface area contributed by atoms with Gasteiger partial charge in [0.1, 0.15) is 0 Å². The van der Waals surface area contributed by atoms with Crippen LogP contribution >= 0.6 is 0 Å². The largest absolute Gasteiger partial charge is 0.342 e. The van der Waals surface area contributed by atoms with Crippen molar-refractivity contribution in [1.29, 1.82) is 0 Å². The van der Waals surface area contributed by atoms with E-state index in [1.165, 1.54) is 18.4 Å². The molecule has 1 amide bonds. The third kappa shape index (κ3) is 2.16. The lowest BCUT2D eigenvalue weighted by Crippen LogP contribution is -2.45. The highest BCUT2D eigenvalue weighted by molar-refractivity contribution is 5.88. The monoisotopic (exact) mass is 245 g/mol. The van der Waals surface area contributed by atoms with Gasteiger partial charge in [-0.1, -0.05) is 43.2 Å². The third-order valence-corrected chi connectivity index (χ3v) is 4.24. The van der Waals surface area contributed by atoms with Gasteiger partial charge in [-0.15, -0.1) is 0 Å². The molecule has 0 atom stereocenters. The van der Waals surface area contributed by atoms with Gasteiger partial charge < -0.3 is 4.90 Å². The lowest BCUT2D eigenvalue weighted by atomic mass is 9.77. The lowest BCUT2D eigenvalue weighted by Gasteiger charge is -2.34. The van der Waals surface area contributed by atoms with E-state index in [2.05, 4.69) is 26.0 Å². The van der Waals surface area contributed by atoms with Gasteiger partial charge in [0.15, 0.2) is 0 Å². The van der Waals surface area contributed by atoms with E-state index >= 15 is 0 Å². The summed E-state index contributed by atoms with van der Waals surface area (Å²) in [5.41, 5.74) is 0.965. The third-order valence-electron chi connectivity index (χ3n) is 4.24. The van der Waals surface area contributed by atoms with Crippen molar-refractivity contribution in [2.24, 2.45) is 0 Å². The Hall–Kier alpha value is -1.31. The van der Waals surface area contributed by atoms with Crippen LogP contribution in [0.1, 0.15) is 45.1 Å². The zero-order valence-electron chi connectivity index (χ0n) is 11.5. The van der Waals surface area contributed by atoms with E-state index in [1.54, 1.807) is 0 Å². The van der Waals surface area contributed by atoms with Crippen molar-refractivity contribution in [1.82, 2.24) is 4.90 Å². The van der Waals surface area contributed by atoms with Gasteiger partial charge in [-0.2, -0.15) is 0 Å². The first-order chi connectivity index (χ1) is 8.74. The highest BCUT2D eigenvalue weighted by Crippen LogP contribution is 2.42. The summed E-state index contributed by atoms with van der Waals surface area (Å²) in [6, 6.07) is 10.4. The Balaban J connectivity index is 2.36. The first-order valence-electron chi connectivity index (χ1n) is 7.09. The van der Waals surface area contributed by atoms with E-state index < -0.39 is 0 Å². The molecule has 18 heavy (non-hydrogen) atoms. The molecule has 0 radical (unpaired) electrons. The first kappa shape index (κ1) is 13.1. The SMILES string of the molecule is CCN(CC)C(=O)C1(c2ccccc2)CCCC1. The quantitative estimate of drug-likeness (QED) is 0.796. The standard InChI is InChI=1S/C16H23NO/c1-3-17(4-2)15(18)16(12-8-9-13-16)14-10-6-5-7-11-14/h5-7,10-11H,3-4,8-9,12-13H2,1-2H3. The fraction of sp³-hybridized carbons (Fsp3) is 0.562. The number of carbonyl (C=O) groups is 1. The van der Waals surface area contributed by atoms with Crippen molar-refractivity contribution in [3.8, 4) is 0 Å². The summed E-state index contributed by atoms with van der Waals surface area (Å²) in [7, 11) is 0. The average Bonchev–Trinajstić information content (AvgIpc) is 2.91. The van der Waals surface area contributed by atoms with Crippen LogP contribution in [0.5, 0.6) is 0 Å². The zero-order valence-corrected chi connectivity index (χ0v) is 11.5. The molecule has 2 rings (SSSR count). The Kier molecular flexibility index (Phi) is 4.05. The molecule has 1 aromatic rings. The van der Waals surface area contributed by atoms with Gasteiger partial charge in [-0.25, -0.2) is 0 Å². The second kappa shape index (κ2) is 5.55. The van der Waals surface area contributed by atoms with Crippen LogP contribution in [0.4, 0.5) is 0 Å². The lowest BCUT2D eigenvalue weighted by molar-refractivity contribution is -0.137. The van der Waals surface area contributed by atoms with Crippen LogP contribution in [0.3, 0.4) is 0 Å². The molecular formula is C16H23NO. The Bertz CT molecular complexity index is 389. The second-order valence-corrected chi connectivity index (χ2v) is 5.13. The van der Waals surface area contributed by atoms with E-state index in [4.69, 9.17) is 0 Å². The van der Waals surface area contributed by atoms with Gasteiger partial charge in [0.05, 0.1) is 5.41 Å². The molecule has 0 aliphatic heterocycles. The minimum Gasteiger partial charge on any atom is -0.342 e. The van der Waals surface area contributed by atoms with Crippen LogP contribution in [0, 0.1) is 0 Å². The summed E-state index contributed by atoms with van der Waals surface area (Å²) >= 11 is 0. The first-order valence-corrected chi connectivity index (χ1v) is 7.09. The minimum absolute atomic E-state index is 0.243. The molecule has 1 aliphatic carbocycles. The van der Waals surface area contributed by atoms with Gasteiger partial charge in [-0.3, -0.25) is 4.79 Å². The Morgan fingerprint density at radius 2 is 1.67 bits per heavy atom. The molecule has 2 heteroatoms. The molecular weight excluding hydrogens is 222 g/mol. The van der Waals surface area contributed by atoms with Crippen molar-refractivity contribution >= 4 is 5.91 Å². The molecule has 98 valence electrons. The van der Waals surface area contributed by atoms with Gasteiger partial charge in [0, 0.05) is 13.1 Å². The normalized spacial score (nSPS) is 17.7. The fourth-order valence-corrected chi connectivity index (χ4v) is 3.18. The number of amides is 1. The second-order valence-electron chi connectivity index (χ2n) is 5.13. The Labute approximate surface area is 110 Å². The van der Waals surface area contributed by atoms with Crippen molar-refractivity contribution < 1.29 is 4.79 Å². The molecule has 1 aromatic carbocycles. The summed E-state index contributed by atoms with van der Waals surface area (Å²) in [5.74, 6) is 0.330. The number of rotatable bonds is 4. The molecule has 0 spiro atoms. The summed E-state index contributed by atoms with van der Waals surface area (Å²) < 4.78 is 0. The van der Waals surface area contributed by atoms with E-state index in [9.17, 15) is 4.79 Å². The number of carbonyl (C=O) groups excluding carboxylic acids is 1. The maximum absolute atomic E-state index is 12.9. The topological polar surface area (TPSA) is 20.3 Å². The Morgan fingerprint density at radius 3 is 2.17 bits per heavy atom. The maximum Gasteiger partial charge on any atom is 0.233 e. The molecule has 1 fully saturated rings. The summed E-state index contributed by atoms with van der Waals surface area (Å²) in [6.45, 7) is 5.75. The minimum atomic E-state index is -0.243. The fourth-order valence-electron chi connectivity index (χ4n) is 3.18. The maximum atomic E-state index is 12.9. The van der Waals surface area contributed by atoms with Gasteiger partial charge in [0.2, 0.25) is 5.91 Å². The predicted octanol–water partition coefficient (Wildman–Crippen LogP) is 3.37. The van der Waals surface area contributed by atoms with Crippen LogP contribution in [0.2, 0.25) is 0 Å². The van der Waals surface area contributed by atoms with Crippen LogP contribution in [-0.2, 0) is 10.2 Å². The van der Waals surface area contributed by atoms with E-state index in [1.807, 2.05) is 23.1 Å². The average molecular weight is 245 g/mol. The van der Waals surface area contributed by atoms with Gasteiger partial charge in [0.25, 0.3) is 0 Å². The predicted molar refractivity (Wildman–Crippen MR) is 74.5 cm³/mol. The number of benzene rings is 1. The van der Waals surface area contributed by atoms with Crippen molar-refractivity contribution in [3.63, 3.8) is 0 Å². The van der Waals surface area contributed by atoms with E-state index in [0.29, 0.717) is 5.91 Å². The molecule has 2 nitrogen and oxygen atoms in total. The smallest absolute Gasteiger partial charge is 0.233 e. The van der Waals surface area contributed by atoms with Crippen LogP contribution in [0.25, 0.3) is 0 Å². The van der Waals surface area contributed by atoms with Crippen LogP contribution < -0.4 is 0 Å².